The molecule has 1 aromatic rings. The highest BCUT2D eigenvalue weighted by molar-refractivity contribution is 7.91. The number of hydrogen-bond donors (Lipinski definition) is 1. The molecule has 0 aromatic heterocycles. The highest BCUT2D eigenvalue weighted by Gasteiger charge is 2.30. The van der Waals surface area contributed by atoms with Gasteiger partial charge in [0.15, 0.2) is 0 Å². The zero-order valence-electron chi connectivity index (χ0n) is 10.9. The first-order valence-electron chi connectivity index (χ1n) is 5.65. The molecule has 0 aliphatic rings. The molecule has 1 N–H and O–H groups in total. The molecular formula is C12H12ClNO6S. The molecule has 0 fully saturated rings. The fourth-order valence-electron chi connectivity index (χ4n) is 1.35. The van der Waals surface area contributed by atoms with Crippen molar-refractivity contribution in [2.75, 3.05) is 5.88 Å². The minimum Gasteiger partial charge on any atom is -0.441 e. The molecule has 9 heteroatoms. The number of carbonyl (C=O) groups excluding carboxylic acids is 2. The number of hydrogen-bond acceptors (Lipinski definition) is 7. The Hall–Kier alpha value is -1.93. The topological polar surface area (TPSA) is 110 Å². The summed E-state index contributed by atoms with van der Waals surface area (Å²) in [4.78, 5) is 22.8. The van der Waals surface area contributed by atoms with Crippen LogP contribution in [0.4, 0.5) is 0 Å². The average molecular weight is 334 g/mol. The van der Waals surface area contributed by atoms with E-state index in [-0.39, 0.29) is 4.90 Å². The van der Waals surface area contributed by atoms with E-state index < -0.39 is 38.6 Å². The van der Waals surface area contributed by atoms with Crippen molar-refractivity contribution in [3.05, 3.63) is 30.3 Å². The van der Waals surface area contributed by atoms with Crippen molar-refractivity contribution in [2.24, 2.45) is 5.16 Å². The van der Waals surface area contributed by atoms with Crippen LogP contribution in [0.5, 0.6) is 0 Å². The van der Waals surface area contributed by atoms with Crippen molar-refractivity contribution < 1.29 is 28.0 Å². The number of ether oxygens (including phenoxy) is 1. The second-order valence-corrected chi connectivity index (χ2v) is 6.33. The minimum atomic E-state index is -3.93. The van der Waals surface area contributed by atoms with Crippen molar-refractivity contribution in [3.8, 4) is 0 Å². The second-order valence-electron chi connectivity index (χ2n) is 3.84. The lowest BCUT2D eigenvalue weighted by Gasteiger charge is -2.14. The van der Waals surface area contributed by atoms with Gasteiger partial charge in [0.2, 0.25) is 26.8 Å². The first-order valence-corrected chi connectivity index (χ1v) is 7.73. The zero-order valence-corrected chi connectivity index (χ0v) is 12.5. The molecular weight excluding hydrogens is 322 g/mol. The first kappa shape index (κ1) is 17.1. The molecule has 0 spiro atoms. The minimum absolute atomic E-state index is 0.0449. The first-order chi connectivity index (χ1) is 9.84. The normalized spacial score (nSPS) is 13.5. The van der Waals surface area contributed by atoms with Crippen molar-refractivity contribution in [3.63, 3.8) is 0 Å². The van der Waals surface area contributed by atoms with Gasteiger partial charge < -0.3 is 9.94 Å². The molecule has 1 atom stereocenters. The predicted octanol–water partition coefficient (Wildman–Crippen LogP) is 0.988. The van der Waals surface area contributed by atoms with Gasteiger partial charge in [-0.1, -0.05) is 23.4 Å². The Bertz CT molecular complexity index is 656. The molecule has 0 radical (unpaired) electrons. The summed E-state index contributed by atoms with van der Waals surface area (Å²) in [5.74, 6) is -2.95. The number of alkyl halides is 1. The summed E-state index contributed by atoms with van der Waals surface area (Å²) in [6.07, 6.45) is 0. The molecule has 21 heavy (non-hydrogen) atoms. The van der Waals surface area contributed by atoms with Crippen molar-refractivity contribution in [2.45, 2.75) is 17.3 Å². The molecule has 0 amide bonds. The Balaban J connectivity index is 2.93. The van der Waals surface area contributed by atoms with Crippen LogP contribution in [-0.4, -0.2) is 42.4 Å². The molecule has 0 saturated heterocycles. The standard InChI is InChI=1S/C12H12ClNO6S/c1-8(20-12(16)11(14-17)10(15)7-13)21(18,19)9-5-3-2-4-6-9/h2-6,8,17H,7H2,1H3. The van der Waals surface area contributed by atoms with E-state index in [2.05, 4.69) is 9.89 Å². The van der Waals surface area contributed by atoms with Gasteiger partial charge in [0.1, 0.15) is 0 Å². The smallest absolute Gasteiger partial charge is 0.365 e. The van der Waals surface area contributed by atoms with Gasteiger partial charge in [0, 0.05) is 0 Å². The van der Waals surface area contributed by atoms with Crippen LogP contribution < -0.4 is 0 Å². The Morgan fingerprint density at radius 3 is 2.38 bits per heavy atom. The quantitative estimate of drug-likeness (QED) is 0.207. The number of halogens is 1. The third kappa shape index (κ3) is 4.02. The summed E-state index contributed by atoms with van der Waals surface area (Å²) < 4.78 is 28.9. The van der Waals surface area contributed by atoms with Crippen LogP contribution in [0, 0.1) is 0 Å². The van der Waals surface area contributed by atoms with Gasteiger partial charge in [-0.2, -0.15) is 0 Å². The number of nitrogens with zero attached hydrogens (tertiary/aromatic N) is 1. The number of esters is 1. The number of carbonyl (C=O) groups is 2. The van der Waals surface area contributed by atoms with Crippen molar-refractivity contribution >= 4 is 38.9 Å². The van der Waals surface area contributed by atoms with E-state index in [0.717, 1.165) is 6.92 Å². The third-order valence-electron chi connectivity index (χ3n) is 2.46. The van der Waals surface area contributed by atoms with Crippen LogP contribution in [0.3, 0.4) is 0 Å². The number of ketones is 1. The Labute approximate surface area is 126 Å². The monoisotopic (exact) mass is 333 g/mol. The van der Waals surface area contributed by atoms with E-state index in [1.165, 1.54) is 24.3 Å². The number of sulfone groups is 1. The summed E-state index contributed by atoms with van der Waals surface area (Å²) in [5.41, 5.74) is -2.52. The van der Waals surface area contributed by atoms with Crippen LogP contribution in [0.1, 0.15) is 6.92 Å². The summed E-state index contributed by atoms with van der Waals surface area (Å²) in [5, 5.41) is 11.1. The third-order valence-corrected chi connectivity index (χ3v) is 4.60. The Morgan fingerprint density at radius 2 is 1.90 bits per heavy atom. The van der Waals surface area contributed by atoms with Gasteiger partial charge in [0.25, 0.3) is 0 Å². The maximum absolute atomic E-state index is 12.1. The molecule has 0 aliphatic heterocycles. The molecule has 0 heterocycles. The fourth-order valence-corrected chi connectivity index (χ4v) is 2.61. The van der Waals surface area contributed by atoms with E-state index in [1.807, 2.05) is 0 Å². The molecule has 0 aliphatic carbocycles. The lowest BCUT2D eigenvalue weighted by Crippen LogP contribution is -2.33. The molecule has 0 bridgehead atoms. The number of Topliss-reactive ketones (excluding diaryl/α,β-unsaturated/α-hetero) is 1. The summed E-state index contributed by atoms with van der Waals surface area (Å²) in [6, 6.07) is 7.33. The number of benzene rings is 1. The highest BCUT2D eigenvalue weighted by atomic mass is 35.5. The summed E-state index contributed by atoms with van der Waals surface area (Å²) in [7, 11) is -3.93. The van der Waals surface area contributed by atoms with Crippen molar-refractivity contribution in [1.29, 1.82) is 0 Å². The Kier molecular flexibility index (Phi) is 5.86. The van der Waals surface area contributed by atoms with Crippen LogP contribution >= 0.6 is 11.6 Å². The lowest BCUT2D eigenvalue weighted by molar-refractivity contribution is -0.137. The average Bonchev–Trinajstić information content (AvgIpc) is 2.48. The molecule has 1 unspecified atom stereocenters. The van der Waals surface area contributed by atoms with E-state index in [4.69, 9.17) is 16.8 Å². The van der Waals surface area contributed by atoms with Gasteiger partial charge >= 0.3 is 5.97 Å². The molecule has 1 aromatic carbocycles. The zero-order chi connectivity index (χ0) is 16.0. The van der Waals surface area contributed by atoms with Gasteiger partial charge in [-0.15, -0.1) is 11.6 Å². The van der Waals surface area contributed by atoms with Gasteiger partial charge in [0.05, 0.1) is 10.8 Å². The molecule has 114 valence electrons. The summed E-state index contributed by atoms with van der Waals surface area (Å²) in [6.45, 7) is 1.13. The van der Waals surface area contributed by atoms with E-state index >= 15 is 0 Å². The number of oxime groups is 1. The van der Waals surface area contributed by atoms with Gasteiger partial charge in [-0.25, -0.2) is 13.2 Å². The SMILES string of the molecule is CC(OC(=O)C(=NO)C(=O)CCl)S(=O)(=O)c1ccccc1. The Morgan fingerprint density at radius 1 is 1.33 bits per heavy atom. The molecule has 1 rings (SSSR count). The molecule has 7 nitrogen and oxygen atoms in total. The fraction of sp³-hybridized carbons (Fsp3) is 0.250. The van der Waals surface area contributed by atoms with Crippen LogP contribution in [0.25, 0.3) is 0 Å². The largest absolute Gasteiger partial charge is 0.441 e. The van der Waals surface area contributed by atoms with Crippen LogP contribution in [0.15, 0.2) is 40.4 Å². The van der Waals surface area contributed by atoms with Gasteiger partial charge in [-0.3, -0.25) is 4.79 Å². The second kappa shape index (κ2) is 7.19. The maximum Gasteiger partial charge on any atom is 0.365 e. The van der Waals surface area contributed by atoms with Crippen LogP contribution in [-0.2, 0) is 24.2 Å². The lowest BCUT2D eigenvalue weighted by atomic mass is 10.3. The highest BCUT2D eigenvalue weighted by Crippen LogP contribution is 2.16. The van der Waals surface area contributed by atoms with E-state index in [0.29, 0.717) is 0 Å². The van der Waals surface area contributed by atoms with Crippen molar-refractivity contribution in [1.82, 2.24) is 0 Å². The predicted molar refractivity (Wildman–Crippen MR) is 74.1 cm³/mol. The summed E-state index contributed by atoms with van der Waals surface area (Å²) >= 11 is 5.22. The van der Waals surface area contributed by atoms with E-state index in [9.17, 15) is 18.0 Å². The maximum atomic E-state index is 12.1. The van der Waals surface area contributed by atoms with Gasteiger partial charge in [-0.05, 0) is 19.1 Å². The van der Waals surface area contributed by atoms with E-state index in [1.54, 1.807) is 6.07 Å². The molecule has 0 saturated carbocycles. The van der Waals surface area contributed by atoms with Crippen LogP contribution in [0.2, 0.25) is 0 Å². The number of rotatable bonds is 6.